The van der Waals surface area contributed by atoms with Crippen LogP contribution in [0.5, 0.6) is 5.75 Å². The summed E-state index contributed by atoms with van der Waals surface area (Å²) in [6.45, 7) is 0. The monoisotopic (exact) mass is 471 g/mol. The van der Waals surface area contributed by atoms with Gasteiger partial charge in [0.2, 0.25) is 0 Å². The van der Waals surface area contributed by atoms with E-state index in [0.29, 0.717) is 12.7 Å². The van der Waals surface area contributed by atoms with E-state index in [0.717, 1.165) is 0 Å². The summed E-state index contributed by atoms with van der Waals surface area (Å²) >= 11 is 3.84. The zero-order valence-corrected chi connectivity index (χ0v) is 12.9. The molecule has 3 N–H and O–H groups in total. The number of phenolic OH excluding ortho intramolecular Hbond substituents is 1. The Morgan fingerprint density at radius 2 is 1.71 bits per heavy atom. The van der Waals surface area contributed by atoms with Crippen LogP contribution in [0.25, 0.3) is 0 Å². The Balaban J connectivity index is 2.79. The quantitative estimate of drug-likeness (QED) is 0.657. The normalized spacial score (nSPS) is 13.8. The minimum atomic E-state index is -4.19. The van der Waals surface area contributed by atoms with Crippen LogP contribution in [0.3, 0.4) is 0 Å². The van der Waals surface area contributed by atoms with Gasteiger partial charge in [0.1, 0.15) is 5.75 Å². The summed E-state index contributed by atoms with van der Waals surface area (Å²) in [7, 11) is 0. The van der Waals surface area contributed by atoms with Crippen LogP contribution in [-0.4, -0.2) is 11.3 Å². The van der Waals surface area contributed by atoms with Crippen LogP contribution in [0.2, 0.25) is 0 Å². The standard InChI is InChI=1S/C10H10F3I2NO/c11-10(12,13)2-1-8(16)5-3-6(14)9(17)7(15)4-5/h3-4,8,17H,1-2,16H2/t8-/m1/s1. The van der Waals surface area contributed by atoms with Crippen molar-refractivity contribution < 1.29 is 18.3 Å². The zero-order chi connectivity index (χ0) is 13.2. The van der Waals surface area contributed by atoms with Gasteiger partial charge in [0, 0.05) is 12.5 Å². The molecule has 1 aromatic carbocycles. The zero-order valence-electron chi connectivity index (χ0n) is 8.56. The van der Waals surface area contributed by atoms with Gasteiger partial charge in [-0.15, -0.1) is 0 Å². The predicted molar refractivity (Wildman–Crippen MR) is 75.8 cm³/mol. The number of hydrogen-bond donors (Lipinski definition) is 2. The van der Waals surface area contributed by atoms with Crippen molar-refractivity contribution in [3.63, 3.8) is 0 Å². The molecule has 0 aliphatic heterocycles. The van der Waals surface area contributed by atoms with Crippen LogP contribution in [-0.2, 0) is 0 Å². The first-order valence-corrected chi connectivity index (χ1v) is 6.86. The van der Waals surface area contributed by atoms with E-state index < -0.39 is 18.6 Å². The van der Waals surface area contributed by atoms with Gasteiger partial charge in [-0.05, 0) is 69.3 Å². The van der Waals surface area contributed by atoms with Crippen molar-refractivity contribution in [3.8, 4) is 5.75 Å². The summed E-state index contributed by atoms with van der Waals surface area (Å²) in [4.78, 5) is 0. The maximum absolute atomic E-state index is 12.1. The smallest absolute Gasteiger partial charge is 0.389 e. The van der Waals surface area contributed by atoms with E-state index in [1.165, 1.54) is 0 Å². The van der Waals surface area contributed by atoms with E-state index in [1.807, 2.05) is 45.2 Å². The summed E-state index contributed by atoms with van der Waals surface area (Å²) in [6, 6.07) is 2.55. The molecule has 0 radical (unpaired) electrons. The van der Waals surface area contributed by atoms with E-state index in [4.69, 9.17) is 5.73 Å². The van der Waals surface area contributed by atoms with Gasteiger partial charge in [-0.3, -0.25) is 0 Å². The van der Waals surface area contributed by atoms with Crippen LogP contribution in [0.15, 0.2) is 12.1 Å². The number of hydrogen-bond acceptors (Lipinski definition) is 2. The van der Waals surface area contributed by atoms with Crippen LogP contribution in [0, 0.1) is 7.14 Å². The van der Waals surface area contributed by atoms with Crippen molar-refractivity contribution >= 4 is 45.2 Å². The molecular formula is C10H10F3I2NO. The van der Waals surface area contributed by atoms with Crippen LogP contribution in [0.1, 0.15) is 24.4 Å². The van der Waals surface area contributed by atoms with Crippen molar-refractivity contribution in [2.75, 3.05) is 0 Å². The molecule has 0 bridgehead atoms. The second-order valence-electron chi connectivity index (χ2n) is 3.59. The Morgan fingerprint density at radius 1 is 1.24 bits per heavy atom. The molecule has 1 rings (SSSR count). The lowest BCUT2D eigenvalue weighted by molar-refractivity contribution is -0.136. The molecule has 0 fully saturated rings. The number of rotatable bonds is 3. The molecule has 0 saturated carbocycles. The Hall–Kier alpha value is 0.230. The summed E-state index contributed by atoms with van der Waals surface area (Å²) < 4.78 is 37.3. The number of aromatic hydroxyl groups is 1. The molecule has 0 aromatic heterocycles. The van der Waals surface area contributed by atoms with Gasteiger partial charge in [-0.1, -0.05) is 0 Å². The largest absolute Gasteiger partial charge is 0.506 e. The maximum Gasteiger partial charge on any atom is 0.389 e. The molecule has 0 aliphatic rings. The van der Waals surface area contributed by atoms with Crippen molar-refractivity contribution in [1.82, 2.24) is 0 Å². The summed E-state index contributed by atoms with van der Waals surface area (Å²) in [5.74, 6) is 0.137. The van der Waals surface area contributed by atoms with E-state index in [1.54, 1.807) is 12.1 Å². The molecule has 1 atom stereocenters. The number of alkyl halides is 3. The molecule has 0 spiro atoms. The van der Waals surface area contributed by atoms with E-state index >= 15 is 0 Å². The van der Waals surface area contributed by atoms with Crippen LogP contribution in [0.4, 0.5) is 13.2 Å². The lowest BCUT2D eigenvalue weighted by Crippen LogP contribution is -2.16. The molecule has 0 amide bonds. The van der Waals surface area contributed by atoms with E-state index in [-0.39, 0.29) is 12.2 Å². The van der Waals surface area contributed by atoms with Crippen molar-refractivity contribution in [2.45, 2.75) is 25.1 Å². The molecule has 1 aromatic rings. The topological polar surface area (TPSA) is 46.2 Å². The van der Waals surface area contributed by atoms with Gasteiger partial charge in [0.25, 0.3) is 0 Å². The summed E-state index contributed by atoms with van der Waals surface area (Å²) in [6.07, 6.45) is -5.24. The van der Waals surface area contributed by atoms with Gasteiger partial charge < -0.3 is 10.8 Å². The lowest BCUT2D eigenvalue weighted by Gasteiger charge is -2.15. The predicted octanol–water partition coefficient (Wildman–Crippen LogP) is 3.94. The molecule has 0 heterocycles. The van der Waals surface area contributed by atoms with Gasteiger partial charge in [-0.25, -0.2) is 0 Å². The highest BCUT2D eigenvalue weighted by Crippen LogP contribution is 2.32. The fourth-order valence-corrected chi connectivity index (χ4v) is 3.10. The maximum atomic E-state index is 12.1. The number of halogens is 5. The Bertz CT molecular complexity index is 386. The van der Waals surface area contributed by atoms with Crippen molar-refractivity contribution in [2.24, 2.45) is 5.73 Å². The molecule has 2 nitrogen and oxygen atoms in total. The number of phenols is 1. The van der Waals surface area contributed by atoms with Crippen molar-refractivity contribution in [1.29, 1.82) is 0 Å². The molecular weight excluding hydrogens is 461 g/mol. The highest BCUT2D eigenvalue weighted by atomic mass is 127. The average Bonchev–Trinajstić information content (AvgIpc) is 2.20. The molecule has 7 heteroatoms. The number of benzene rings is 1. The highest BCUT2D eigenvalue weighted by molar-refractivity contribution is 14.1. The van der Waals surface area contributed by atoms with Gasteiger partial charge in [0.05, 0.1) is 7.14 Å². The second kappa shape index (κ2) is 5.91. The van der Waals surface area contributed by atoms with Gasteiger partial charge >= 0.3 is 6.18 Å². The summed E-state index contributed by atoms with van der Waals surface area (Å²) in [5, 5.41) is 9.54. The van der Waals surface area contributed by atoms with E-state index in [2.05, 4.69) is 0 Å². The third kappa shape index (κ3) is 4.78. The first-order chi connectivity index (χ1) is 7.70. The highest BCUT2D eigenvalue weighted by Gasteiger charge is 2.28. The minimum Gasteiger partial charge on any atom is -0.506 e. The summed E-state index contributed by atoms with van der Waals surface area (Å²) in [5.41, 5.74) is 6.31. The lowest BCUT2D eigenvalue weighted by atomic mass is 10.0. The third-order valence-electron chi connectivity index (χ3n) is 2.21. The van der Waals surface area contributed by atoms with Crippen molar-refractivity contribution in [3.05, 3.63) is 24.8 Å². The molecule has 0 aliphatic carbocycles. The molecule has 0 unspecified atom stereocenters. The van der Waals surface area contributed by atoms with Gasteiger partial charge in [-0.2, -0.15) is 13.2 Å². The number of nitrogens with two attached hydrogens (primary N) is 1. The minimum absolute atomic E-state index is 0.137. The van der Waals surface area contributed by atoms with Gasteiger partial charge in [0.15, 0.2) is 0 Å². The molecule has 96 valence electrons. The fourth-order valence-electron chi connectivity index (χ4n) is 1.29. The van der Waals surface area contributed by atoms with Crippen LogP contribution < -0.4 is 5.73 Å². The van der Waals surface area contributed by atoms with E-state index in [9.17, 15) is 18.3 Å². The first-order valence-electron chi connectivity index (χ1n) is 4.71. The van der Waals surface area contributed by atoms with Crippen LogP contribution >= 0.6 is 45.2 Å². The Kier molecular flexibility index (Phi) is 5.32. The second-order valence-corrected chi connectivity index (χ2v) is 5.92. The Labute approximate surface area is 124 Å². The SMILES string of the molecule is N[C@H](CCC(F)(F)F)c1cc(I)c(O)c(I)c1. The Morgan fingerprint density at radius 3 is 2.12 bits per heavy atom. The average molecular weight is 471 g/mol. The fraction of sp³-hybridized carbons (Fsp3) is 0.400. The first kappa shape index (κ1) is 15.3. The molecule has 17 heavy (non-hydrogen) atoms. The third-order valence-corrected chi connectivity index (χ3v) is 3.85. The molecule has 0 saturated heterocycles.